The van der Waals surface area contributed by atoms with Crippen molar-refractivity contribution in [3.63, 3.8) is 0 Å². The van der Waals surface area contributed by atoms with Crippen LogP contribution in [0.5, 0.6) is 5.75 Å². The van der Waals surface area contributed by atoms with E-state index in [1.165, 1.54) is 24.3 Å². The van der Waals surface area contributed by atoms with Crippen LogP contribution in [0.3, 0.4) is 0 Å². The lowest BCUT2D eigenvalue weighted by Gasteiger charge is -2.30. The van der Waals surface area contributed by atoms with Gasteiger partial charge in [0.15, 0.2) is 0 Å². The molecule has 0 radical (unpaired) electrons. The average molecular weight is 294 g/mol. The molecule has 2 unspecified atom stereocenters. The lowest BCUT2D eigenvalue weighted by molar-refractivity contribution is 0.261. The molecule has 1 heterocycles. The summed E-state index contributed by atoms with van der Waals surface area (Å²) in [6, 6.07) is 8.91. The minimum atomic E-state index is 0.575. The summed E-state index contributed by atoms with van der Waals surface area (Å²) in [5.41, 5.74) is 1.17. The Morgan fingerprint density at radius 2 is 2.25 bits per heavy atom. The van der Waals surface area contributed by atoms with Crippen LogP contribution >= 0.6 is 11.8 Å². The van der Waals surface area contributed by atoms with Crippen LogP contribution in [0.4, 0.5) is 5.69 Å². The summed E-state index contributed by atoms with van der Waals surface area (Å²) < 4.78 is 5.79. The zero-order chi connectivity index (χ0) is 14.4. The van der Waals surface area contributed by atoms with Gasteiger partial charge in [0.2, 0.25) is 0 Å². The second-order valence-electron chi connectivity index (χ2n) is 5.65. The Balaban J connectivity index is 1.88. The molecule has 1 aromatic carbocycles. The number of anilines is 1. The number of likely N-dealkylation sites (N-methyl/N-ethyl adjacent to an activating group) is 1. The summed E-state index contributed by atoms with van der Waals surface area (Å²) in [7, 11) is 4.12. The number of benzene rings is 1. The topological polar surface area (TPSA) is 24.5 Å². The van der Waals surface area contributed by atoms with Crippen molar-refractivity contribution in [3.8, 4) is 5.75 Å². The predicted octanol–water partition coefficient (Wildman–Crippen LogP) is 3.32. The normalized spacial score (nSPS) is 22.8. The standard InChI is InChI=1S/C16H26N2OS/c1-13-16(8-5-11-20-13)17-14-6-4-7-15(12-14)19-10-9-18(2)3/h4,6-7,12-13,16-17H,5,8-11H2,1-3H3. The van der Waals surface area contributed by atoms with Crippen LogP contribution in [0.25, 0.3) is 0 Å². The van der Waals surface area contributed by atoms with Gasteiger partial charge in [0.05, 0.1) is 0 Å². The number of thioether (sulfide) groups is 1. The predicted molar refractivity (Wildman–Crippen MR) is 89.1 cm³/mol. The number of hydrogen-bond acceptors (Lipinski definition) is 4. The van der Waals surface area contributed by atoms with E-state index in [0.717, 1.165) is 18.9 Å². The van der Waals surface area contributed by atoms with Crippen molar-refractivity contribution in [3.05, 3.63) is 24.3 Å². The third kappa shape index (κ3) is 4.91. The van der Waals surface area contributed by atoms with Gasteiger partial charge in [-0.25, -0.2) is 0 Å². The zero-order valence-electron chi connectivity index (χ0n) is 12.8. The van der Waals surface area contributed by atoms with Gasteiger partial charge >= 0.3 is 0 Å². The van der Waals surface area contributed by atoms with Crippen LogP contribution in [0.1, 0.15) is 19.8 Å². The minimum absolute atomic E-state index is 0.575. The fraction of sp³-hybridized carbons (Fsp3) is 0.625. The molecule has 0 saturated carbocycles. The van der Waals surface area contributed by atoms with Gasteiger partial charge in [-0.1, -0.05) is 13.0 Å². The molecule has 0 amide bonds. The van der Waals surface area contributed by atoms with Gasteiger partial charge in [0.1, 0.15) is 12.4 Å². The summed E-state index contributed by atoms with van der Waals surface area (Å²) >= 11 is 2.07. The Hall–Kier alpha value is -0.870. The van der Waals surface area contributed by atoms with E-state index in [-0.39, 0.29) is 0 Å². The number of rotatable bonds is 6. The van der Waals surface area contributed by atoms with Gasteiger partial charge in [0, 0.05) is 29.6 Å². The van der Waals surface area contributed by atoms with Gasteiger partial charge in [-0.2, -0.15) is 11.8 Å². The van der Waals surface area contributed by atoms with Gasteiger partial charge in [-0.3, -0.25) is 0 Å². The van der Waals surface area contributed by atoms with Crippen molar-refractivity contribution < 1.29 is 4.74 Å². The van der Waals surface area contributed by atoms with Crippen LogP contribution in [0, 0.1) is 0 Å². The van der Waals surface area contributed by atoms with E-state index < -0.39 is 0 Å². The van der Waals surface area contributed by atoms with E-state index in [9.17, 15) is 0 Å². The summed E-state index contributed by atoms with van der Waals surface area (Å²) in [5, 5.41) is 4.34. The first-order chi connectivity index (χ1) is 9.65. The van der Waals surface area contributed by atoms with Crippen LogP contribution in [0.2, 0.25) is 0 Å². The Morgan fingerprint density at radius 3 is 3.00 bits per heavy atom. The molecule has 20 heavy (non-hydrogen) atoms. The van der Waals surface area contributed by atoms with Crippen molar-refractivity contribution >= 4 is 17.4 Å². The van der Waals surface area contributed by atoms with Crippen LogP contribution in [-0.2, 0) is 0 Å². The highest BCUT2D eigenvalue weighted by atomic mass is 32.2. The summed E-state index contributed by atoms with van der Waals surface area (Å²) in [5.74, 6) is 2.25. The fourth-order valence-corrected chi connectivity index (χ4v) is 3.49. The van der Waals surface area contributed by atoms with Crippen LogP contribution in [-0.4, -0.2) is 49.2 Å². The van der Waals surface area contributed by atoms with Gasteiger partial charge in [0.25, 0.3) is 0 Å². The smallest absolute Gasteiger partial charge is 0.121 e. The SMILES string of the molecule is CC1SCCCC1Nc1cccc(OCCN(C)C)c1. The van der Waals surface area contributed by atoms with Gasteiger partial charge in [-0.05, 0) is 44.8 Å². The summed E-state index contributed by atoms with van der Waals surface area (Å²) in [6.07, 6.45) is 2.57. The average Bonchev–Trinajstić information content (AvgIpc) is 2.41. The first kappa shape index (κ1) is 15.5. The maximum Gasteiger partial charge on any atom is 0.121 e. The number of hydrogen-bond donors (Lipinski definition) is 1. The molecular formula is C16H26N2OS. The number of nitrogens with one attached hydrogen (secondary N) is 1. The molecule has 3 nitrogen and oxygen atoms in total. The van der Waals surface area contributed by atoms with Gasteiger partial charge in [-0.15, -0.1) is 0 Å². The minimum Gasteiger partial charge on any atom is -0.492 e. The maximum absolute atomic E-state index is 5.79. The van der Waals surface area contributed by atoms with Crippen molar-refractivity contribution in [2.24, 2.45) is 0 Å². The Morgan fingerprint density at radius 1 is 1.40 bits per heavy atom. The van der Waals surface area contributed by atoms with Crippen molar-refractivity contribution in [2.45, 2.75) is 31.1 Å². The molecule has 2 atom stereocenters. The molecule has 112 valence electrons. The van der Waals surface area contributed by atoms with Crippen molar-refractivity contribution in [1.29, 1.82) is 0 Å². The summed E-state index contributed by atoms with van der Waals surface area (Å²) in [4.78, 5) is 2.13. The quantitative estimate of drug-likeness (QED) is 0.870. The molecule has 1 aliphatic heterocycles. The van der Waals surface area contributed by atoms with E-state index >= 15 is 0 Å². The lowest BCUT2D eigenvalue weighted by atomic mass is 10.1. The van der Waals surface area contributed by atoms with Gasteiger partial charge < -0.3 is 15.0 Å². The lowest BCUT2D eigenvalue weighted by Crippen LogP contribution is -2.32. The van der Waals surface area contributed by atoms with Crippen LogP contribution < -0.4 is 10.1 Å². The second-order valence-corrected chi connectivity index (χ2v) is 7.13. The largest absolute Gasteiger partial charge is 0.492 e. The molecule has 1 N–H and O–H groups in total. The first-order valence-corrected chi connectivity index (χ1v) is 8.46. The monoisotopic (exact) mass is 294 g/mol. The Bertz CT molecular complexity index is 411. The molecule has 1 aliphatic rings. The molecule has 1 fully saturated rings. The van der Waals surface area contributed by atoms with E-state index in [1.807, 2.05) is 6.07 Å². The molecule has 2 rings (SSSR count). The molecule has 1 saturated heterocycles. The maximum atomic E-state index is 5.79. The van der Waals surface area contributed by atoms with E-state index in [1.54, 1.807) is 0 Å². The molecule has 0 bridgehead atoms. The summed E-state index contributed by atoms with van der Waals surface area (Å²) in [6.45, 7) is 3.99. The second kappa shape index (κ2) is 7.79. The highest BCUT2D eigenvalue weighted by Gasteiger charge is 2.21. The Kier molecular flexibility index (Phi) is 6.05. The number of ether oxygens (including phenoxy) is 1. The molecule has 0 aliphatic carbocycles. The highest BCUT2D eigenvalue weighted by Crippen LogP contribution is 2.28. The van der Waals surface area contributed by atoms with E-state index in [4.69, 9.17) is 4.74 Å². The molecule has 4 heteroatoms. The molecule has 1 aromatic rings. The highest BCUT2D eigenvalue weighted by molar-refractivity contribution is 8.00. The molecule has 0 spiro atoms. The first-order valence-electron chi connectivity index (χ1n) is 7.41. The zero-order valence-corrected chi connectivity index (χ0v) is 13.6. The van der Waals surface area contributed by atoms with E-state index in [2.05, 4.69) is 61.2 Å². The van der Waals surface area contributed by atoms with Crippen molar-refractivity contribution in [1.82, 2.24) is 4.90 Å². The third-order valence-electron chi connectivity index (χ3n) is 3.60. The molecule has 0 aromatic heterocycles. The molecular weight excluding hydrogens is 268 g/mol. The van der Waals surface area contributed by atoms with Crippen LogP contribution in [0.15, 0.2) is 24.3 Å². The number of nitrogens with zero attached hydrogens (tertiary/aromatic N) is 1. The Labute approximate surface area is 127 Å². The third-order valence-corrected chi connectivity index (χ3v) is 4.98. The van der Waals surface area contributed by atoms with Crippen molar-refractivity contribution in [2.75, 3.05) is 38.3 Å². The fourth-order valence-electron chi connectivity index (χ4n) is 2.35. The van der Waals surface area contributed by atoms with E-state index in [0.29, 0.717) is 11.3 Å².